The maximum absolute atomic E-state index is 12.0. The van der Waals surface area contributed by atoms with E-state index in [1.807, 2.05) is 0 Å². The highest BCUT2D eigenvalue weighted by atomic mass is 35.5. The SMILES string of the molecule is NNc1cccc(C(=O)Nc2cc(Cl)ccc2Cl)n1. The molecule has 4 N–H and O–H groups in total. The number of hydrazine groups is 1. The number of pyridine rings is 1. The number of carbonyl (C=O) groups excluding carboxylic acids is 1. The number of hydrogen-bond acceptors (Lipinski definition) is 4. The van der Waals surface area contributed by atoms with Crippen LogP contribution in [-0.4, -0.2) is 10.9 Å². The van der Waals surface area contributed by atoms with Crippen molar-refractivity contribution in [2.75, 3.05) is 10.7 Å². The van der Waals surface area contributed by atoms with Gasteiger partial charge in [-0.1, -0.05) is 29.3 Å². The zero-order chi connectivity index (χ0) is 13.8. The molecule has 98 valence electrons. The predicted octanol–water partition coefficient (Wildman–Crippen LogP) is 2.93. The van der Waals surface area contributed by atoms with E-state index in [0.717, 1.165) is 0 Å². The van der Waals surface area contributed by atoms with E-state index in [1.165, 1.54) is 0 Å². The van der Waals surface area contributed by atoms with Gasteiger partial charge in [0.1, 0.15) is 11.5 Å². The number of hydrogen-bond donors (Lipinski definition) is 3. The van der Waals surface area contributed by atoms with Crippen LogP contribution in [0.1, 0.15) is 10.5 Å². The van der Waals surface area contributed by atoms with E-state index in [2.05, 4.69) is 15.7 Å². The fraction of sp³-hybridized carbons (Fsp3) is 0. The van der Waals surface area contributed by atoms with Crippen molar-refractivity contribution in [1.29, 1.82) is 0 Å². The number of benzene rings is 1. The normalized spacial score (nSPS) is 10.1. The number of nitrogens with zero attached hydrogens (tertiary/aromatic N) is 1. The van der Waals surface area contributed by atoms with Crippen molar-refractivity contribution in [3.63, 3.8) is 0 Å². The van der Waals surface area contributed by atoms with Crippen LogP contribution in [-0.2, 0) is 0 Å². The van der Waals surface area contributed by atoms with Gasteiger partial charge in [-0.3, -0.25) is 4.79 Å². The molecule has 0 unspecified atom stereocenters. The third kappa shape index (κ3) is 3.35. The molecule has 2 aromatic rings. The van der Waals surface area contributed by atoms with Crippen molar-refractivity contribution in [3.8, 4) is 0 Å². The molecule has 7 heteroatoms. The molecule has 1 heterocycles. The van der Waals surface area contributed by atoms with Crippen molar-refractivity contribution in [3.05, 3.63) is 52.1 Å². The van der Waals surface area contributed by atoms with Gasteiger partial charge in [-0.25, -0.2) is 10.8 Å². The second-order valence-corrected chi connectivity index (χ2v) is 4.47. The number of nitrogen functional groups attached to an aromatic ring is 1. The Morgan fingerprint density at radius 2 is 2.00 bits per heavy atom. The van der Waals surface area contributed by atoms with Gasteiger partial charge in [0.05, 0.1) is 10.7 Å². The van der Waals surface area contributed by atoms with Gasteiger partial charge in [0.2, 0.25) is 0 Å². The van der Waals surface area contributed by atoms with Crippen LogP contribution in [0.4, 0.5) is 11.5 Å². The largest absolute Gasteiger partial charge is 0.319 e. The Kier molecular flexibility index (Phi) is 4.21. The molecule has 0 saturated carbocycles. The van der Waals surface area contributed by atoms with E-state index in [4.69, 9.17) is 29.0 Å². The Bertz CT molecular complexity index is 618. The third-order valence-corrected chi connectivity index (χ3v) is 2.87. The van der Waals surface area contributed by atoms with Gasteiger partial charge < -0.3 is 10.7 Å². The van der Waals surface area contributed by atoms with Crippen LogP contribution in [0.15, 0.2) is 36.4 Å². The molecule has 0 atom stereocenters. The summed E-state index contributed by atoms with van der Waals surface area (Å²) < 4.78 is 0. The number of nitrogens with one attached hydrogen (secondary N) is 2. The van der Waals surface area contributed by atoms with Gasteiger partial charge in [0.15, 0.2) is 0 Å². The van der Waals surface area contributed by atoms with Crippen LogP contribution in [0.3, 0.4) is 0 Å². The summed E-state index contributed by atoms with van der Waals surface area (Å²) in [6.07, 6.45) is 0. The lowest BCUT2D eigenvalue weighted by Gasteiger charge is -2.08. The number of halogens is 2. The Labute approximate surface area is 119 Å². The first kappa shape index (κ1) is 13.6. The van der Waals surface area contributed by atoms with Crippen LogP contribution in [0, 0.1) is 0 Å². The number of anilines is 2. The second kappa shape index (κ2) is 5.88. The summed E-state index contributed by atoms with van der Waals surface area (Å²) in [6, 6.07) is 9.67. The van der Waals surface area contributed by atoms with Crippen LogP contribution in [0.2, 0.25) is 10.0 Å². The standard InChI is InChI=1S/C12H10Cl2N4O/c13-7-4-5-8(14)10(6-7)17-12(19)9-2-1-3-11(16-9)18-15/h1-6H,15H2,(H,16,18)(H,17,19). The van der Waals surface area contributed by atoms with E-state index >= 15 is 0 Å². The van der Waals surface area contributed by atoms with Gasteiger partial charge in [-0.05, 0) is 30.3 Å². The molecule has 1 aromatic carbocycles. The molecule has 0 radical (unpaired) electrons. The summed E-state index contributed by atoms with van der Waals surface area (Å²) in [5.41, 5.74) is 3.01. The monoisotopic (exact) mass is 296 g/mol. The molecular formula is C12H10Cl2N4O. The second-order valence-electron chi connectivity index (χ2n) is 3.63. The number of aromatic nitrogens is 1. The summed E-state index contributed by atoms with van der Waals surface area (Å²) in [5, 5.41) is 3.50. The lowest BCUT2D eigenvalue weighted by atomic mass is 10.3. The molecule has 0 aliphatic carbocycles. The van der Waals surface area contributed by atoms with Gasteiger partial charge in [-0.15, -0.1) is 0 Å². The summed E-state index contributed by atoms with van der Waals surface area (Å²) >= 11 is 11.8. The lowest BCUT2D eigenvalue weighted by molar-refractivity contribution is 0.102. The molecule has 1 aromatic heterocycles. The molecule has 0 bridgehead atoms. The zero-order valence-electron chi connectivity index (χ0n) is 9.65. The van der Waals surface area contributed by atoms with E-state index in [0.29, 0.717) is 21.6 Å². The van der Waals surface area contributed by atoms with Gasteiger partial charge in [-0.2, -0.15) is 0 Å². The quantitative estimate of drug-likeness (QED) is 0.601. The van der Waals surface area contributed by atoms with Crippen LogP contribution < -0.4 is 16.6 Å². The molecule has 2 rings (SSSR count). The highest BCUT2D eigenvalue weighted by Gasteiger charge is 2.10. The minimum Gasteiger partial charge on any atom is -0.319 e. The first-order valence-electron chi connectivity index (χ1n) is 5.30. The molecule has 5 nitrogen and oxygen atoms in total. The van der Waals surface area contributed by atoms with Crippen molar-refractivity contribution in [2.24, 2.45) is 5.84 Å². The van der Waals surface area contributed by atoms with Crippen molar-refractivity contribution in [2.45, 2.75) is 0 Å². The topological polar surface area (TPSA) is 80.0 Å². The summed E-state index contributed by atoms with van der Waals surface area (Å²) in [6.45, 7) is 0. The molecule has 0 aliphatic rings. The minimum absolute atomic E-state index is 0.214. The maximum Gasteiger partial charge on any atom is 0.274 e. The Morgan fingerprint density at radius 1 is 1.21 bits per heavy atom. The van der Waals surface area contributed by atoms with Gasteiger partial charge in [0.25, 0.3) is 5.91 Å². The van der Waals surface area contributed by atoms with Gasteiger partial charge in [0, 0.05) is 5.02 Å². The Morgan fingerprint density at radius 3 is 2.74 bits per heavy atom. The molecular weight excluding hydrogens is 287 g/mol. The highest BCUT2D eigenvalue weighted by Crippen LogP contribution is 2.25. The first-order valence-corrected chi connectivity index (χ1v) is 6.06. The average molecular weight is 297 g/mol. The minimum atomic E-state index is -0.402. The lowest BCUT2D eigenvalue weighted by Crippen LogP contribution is -2.16. The van der Waals surface area contributed by atoms with Crippen molar-refractivity contribution < 1.29 is 4.79 Å². The summed E-state index contributed by atoms with van der Waals surface area (Å²) in [4.78, 5) is 16.0. The molecule has 0 fully saturated rings. The van der Waals surface area contributed by atoms with E-state index in [-0.39, 0.29) is 5.69 Å². The molecule has 19 heavy (non-hydrogen) atoms. The van der Waals surface area contributed by atoms with Crippen molar-refractivity contribution in [1.82, 2.24) is 4.98 Å². The van der Waals surface area contributed by atoms with Gasteiger partial charge >= 0.3 is 0 Å². The summed E-state index contributed by atoms with van der Waals surface area (Å²) in [7, 11) is 0. The van der Waals surface area contributed by atoms with Crippen LogP contribution in [0.5, 0.6) is 0 Å². The average Bonchev–Trinajstić information content (AvgIpc) is 2.43. The fourth-order valence-corrected chi connectivity index (χ4v) is 1.76. The molecule has 0 spiro atoms. The number of nitrogens with two attached hydrogens (primary N) is 1. The molecule has 0 aliphatic heterocycles. The fourth-order valence-electron chi connectivity index (χ4n) is 1.42. The molecule has 0 saturated heterocycles. The van der Waals surface area contributed by atoms with Crippen molar-refractivity contribution >= 4 is 40.6 Å². The number of amides is 1. The molecule has 1 amide bonds. The number of carbonyl (C=O) groups is 1. The Hall–Kier alpha value is -1.82. The van der Waals surface area contributed by atoms with Crippen LogP contribution >= 0.6 is 23.2 Å². The maximum atomic E-state index is 12.0. The zero-order valence-corrected chi connectivity index (χ0v) is 11.2. The van der Waals surface area contributed by atoms with E-state index in [9.17, 15) is 4.79 Å². The van der Waals surface area contributed by atoms with E-state index in [1.54, 1.807) is 36.4 Å². The number of rotatable bonds is 3. The van der Waals surface area contributed by atoms with E-state index < -0.39 is 5.91 Å². The Balaban J connectivity index is 2.22. The third-order valence-electron chi connectivity index (χ3n) is 2.31. The van der Waals surface area contributed by atoms with Crippen LogP contribution in [0.25, 0.3) is 0 Å². The smallest absolute Gasteiger partial charge is 0.274 e. The highest BCUT2D eigenvalue weighted by molar-refractivity contribution is 6.35. The summed E-state index contributed by atoms with van der Waals surface area (Å²) in [5.74, 6) is 5.22. The first-order chi connectivity index (χ1) is 9.10. The predicted molar refractivity (Wildman–Crippen MR) is 76.5 cm³/mol.